The SMILES string of the molecule is O=C(Oc1ccc(-c2ccccc2)cc1)c1nn2cccnc2c1Cl. The second-order valence-corrected chi connectivity index (χ2v) is 5.71. The number of esters is 1. The lowest BCUT2D eigenvalue weighted by molar-refractivity contribution is 0.0728. The summed E-state index contributed by atoms with van der Waals surface area (Å²) in [7, 11) is 0. The Bertz CT molecular complexity index is 1040. The minimum absolute atomic E-state index is 0.0347. The Morgan fingerprint density at radius 3 is 2.40 bits per heavy atom. The first-order chi connectivity index (χ1) is 12.2. The highest BCUT2D eigenvalue weighted by atomic mass is 35.5. The number of ether oxygens (including phenoxy) is 1. The van der Waals surface area contributed by atoms with Gasteiger partial charge in [0.1, 0.15) is 10.8 Å². The van der Waals surface area contributed by atoms with Gasteiger partial charge in [-0.3, -0.25) is 0 Å². The number of carbonyl (C=O) groups is 1. The van der Waals surface area contributed by atoms with Gasteiger partial charge in [-0.1, -0.05) is 54.1 Å². The number of nitrogens with zero attached hydrogens (tertiary/aromatic N) is 3. The van der Waals surface area contributed by atoms with E-state index < -0.39 is 5.97 Å². The molecule has 4 rings (SSSR count). The molecule has 2 aromatic heterocycles. The third-order valence-corrected chi connectivity index (χ3v) is 4.05. The van der Waals surface area contributed by atoms with Gasteiger partial charge >= 0.3 is 5.97 Å². The quantitative estimate of drug-likeness (QED) is 0.409. The number of halogens is 1. The van der Waals surface area contributed by atoms with Gasteiger partial charge in [0.2, 0.25) is 0 Å². The topological polar surface area (TPSA) is 56.5 Å². The Hall–Kier alpha value is -3.18. The molecule has 0 aliphatic heterocycles. The van der Waals surface area contributed by atoms with Gasteiger partial charge in [-0.05, 0) is 29.3 Å². The van der Waals surface area contributed by atoms with Crippen LogP contribution >= 0.6 is 11.6 Å². The Balaban J connectivity index is 1.57. The second kappa shape index (κ2) is 6.37. The number of rotatable bonds is 3. The summed E-state index contributed by atoms with van der Waals surface area (Å²) >= 11 is 6.18. The average molecular weight is 350 g/mol. The van der Waals surface area contributed by atoms with Gasteiger partial charge in [0.15, 0.2) is 11.3 Å². The second-order valence-electron chi connectivity index (χ2n) is 5.33. The molecular formula is C19H12ClN3O2. The van der Waals surface area contributed by atoms with Gasteiger partial charge in [0, 0.05) is 12.4 Å². The van der Waals surface area contributed by atoms with Crippen molar-refractivity contribution < 1.29 is 9.53 Å². The van der Waals surface area contributed by atoms with E-state index in [-0.39, 0.29) is 10.7 Å². The fourth-order valence-electron chi connectivity index (χ4n) is 2.49. The molecule has 0 N–H and O–H groups in total. The summed E-state index contributed by atoms with van der Waals surface area (Å²) in [6.45, 7) is 0. The molecule has 0 saturated heterocycles. The molecule has 0 fully saturated rings. The van der Waals surface area contributed by atoms with Crippen LogP contribution in [0.3, 0.4) is 0 Å². The van der Waals surface area contributed by atoms with Gasteiger partial charge < -0.3 is 4.74 Å². The first-order valence-corrected chi connectivity index (χ1v) is 7.97. The van der Waals surface area contributed by atoms with Crippen molar-refractivity contribution in [2.75, 3.05) is 0 Å². The van der Waals surface area contributed by atoms with Crippen LogP contribution in [-0.2, 0) is 0 Å². The van der Waals surface area contributed by atoms with Crippen molar-refractivity contribution in [2.24, 2.45) is 0 Å². The third kappa shape index (κ3) is 2.97. The molecule has 0 aliphatic rings. The van der Waals surface area contributed by atoms with E-state index in [1.165, 1.54) is 4.52 Å². The number of fused-ring (bicyclic) bond motifs is 1. The van der Waals surface area contributed by atoms with Crippen molar-refractivity contribution in [3.63, 3.8) is 0 Å². The van der Waals surface area contributed by atoms with Gasteiger partial charge in [-0.25, -0.2) is 14.3 Å². The highest BCUT2D eigenvalue weighted by Crippen LogP contribution is 2.24. The van der Waals surface area contributed by atoms with Crippen molar-refractivity contribution in [3.8, 4) is 16.9 Å². The van der Waals surface area contributed by atoms with E-state index in [0.717, 1.165) is 11.1 Å². The molecule has 2 heterocycles. The highest BCUT2D eigenvalue weighted by molar-refractivity contribution is 6.36. The van der Waals surface area contributed by atoms with E-state index in [1.807, 2.05) is 42.5 Å². The molecule has 0 spiro atoms. The fourth-order valence-corrected chi connectivity index (χ4v) is 2.74. The van der Waals surface area contributed by atoms with Crippen LogP contribution in [0.2, 0.25) is 5.02 Å². The first-order valence-electron chi connectivity index (χ1n) is 7.59. The lowest BCUT2D eigenvalue weighted by atomic mass is 10.1. The largest absolute Gasteiger partial charge is 0.422 e. The van der Waals surface area contributed by atoms with Crippen molar-refractivity contribution in [1.82, 2.24) is 14.6 Å². The van der Waals surface area contributed by atoms with Gasteiger partial charge in [-0.2, -0.15) is 5.10 Å². The van der Waals surface area contributed by atoms with Crippen LogP contribution < -0.4 is 4.74 Å². The lowest BCUT2D eigenvalue weighted by Crippen LogP contribution is -2.10. The maximum Gasteiger partial charge on any atom is 0.365 e. The maximum atomic E-state index is 12.3. The Kier molecular flexibility index (Phi) is 3.91. The Morgan fingerprint density at radius 2 is 1.68 bits per heavy atom. The van der Waals surface area contributed by atoms with Crippen LogP contribution in [0.25, 0.3) is 16.8 Å². The molecule has 5 nitrogen and oxygen atoms in total. The van der Waals surface area contributed by atoms with E-state index in [9.17, 15) is 4.79 Å². The normalized spacial score (nSPS) is 10.8. The number of hydrogen-bond acceptors (Lipinski definition) is 4. The zero-order chi connectivity index (χ0) is 17.2. The van der Waals surface area contributed by atoms with Crippen LogP contribution in [0.15, 0.2) is 73.1 Å². The lowest BCUT2D eigenvalue weighted by Gasteiger charge is -2.05. The molecule has 0 aliphatic carbocycles. The summed E-state index contributed by atoms with van der Waals surface area (Å²) in [6, 6.07) is 18.9. The van der Waals surface area contributed by atoms with Crippen LogP contribution in [0.5, 0.6) is 5.75 Å². The minimum Gasteiger partial charge on any atom is -0.422 e. The van der Waals surface area contributed by atoms with Crippen molar-refractivity contribution in [3.05, 3.63) is 83.8 Å². The number of benzene rings is 2. The van der Waals surface area contributed by atoms with Gasteiger partial charge in [0.05, 0.1) is 0 Å². The molecule has 0 saturated carbocycles. The molecule has 0 radical (unpaired) electrons. The maximum absolute atomic E-state index is 12.3. The molecule has 122 valence electrons. The smallest absolute Gasteiger partial charge is 0.365 e. The predicted octanol–water partition coefficient (Wildman–Crippen LogP) is 4.27. The number of carbonyl (C=O) groups excluding carboxylic acids is 1. The molecule has 0 atom stereocenters. The van der Waals surface area contributed by atoms with E-state index in [4.69, 9.17) is 16.3 Å². The van der Waals surface area contributed by atoms with E-state index in [0.29, 0.717) is 11.4 Å². The third-order valence-electron chi connectivity index (χ3n) is 3.70. The Labute approximate surface area is 148 Å². The zero-order valence-corrected chi connectivity index (χ0v) is 13.7. The van der Waals surface area contributed by atoms with Crippen LogP contribution in [-0.4, -0.2) is 20.6 Å². The molecule has 0 bridgehead atoms. The first kappa shape index (κ1) is 15.4. The summed E-state index contributed by atoms with van der Waals surface area (Å²) in [5.41, 5.74) is 2.58. The van der Waals surface area contributed by atoms with E-state index in [1.54, 1.807) is 30.6 Å². The fraction of sp³-hybridized carbons (Fsp3) is 0. The monoisotopic (exact) mass is 349 g/mol. The highest BCUT2D eigenvalue weighted by Gasteiger charge is 2.20. The predicted molar refractivity (Wildman–Crippen MR) is 94.8 cm³/mol. The van der Waals surface area contributed by atoms with Crippen molar-refractivity contribution in [2.45, 2.75) is 0 Å². The van der Waals surface area contributed by atoms with Crippen LogP contribution in [0.1, 0.15) is 10.5 Å². The summed E-state index contributed by atoms with van der Waals surface area (Å²) in [6.07, 6.45) is 3.25. The molecular weight excluding hydrogens is 338 g/mol. The Morgan fingerprint density at radius 1 is 0.960 bits per heavy atom. The summed E-state index contributed by atoms with van der Waals surface area (Å²) in [5, 5.41) is 4.29. The van der Waals surface area contributed by atoms with Crippen molar-refractivity contribution >= 4 is 23.2 Å². The molecule has 0 amide bonds. The van der Waals surface area contributed by atoms with Crippen LogP contribution in [0.4, 0.5) is 0 Å². The number of aromatic nitrogens is 3. The van der Waals surface area contributed by atoms with E-state index in [2.05, 4.69) is 10.1 Å². The molecule has 2 aromatic carbocycles. The molecule has 4 aromatic rings. The molecule has 6 heteroatoms. The summed E-state index contributed by atoms with van der Waals surface area (Å²) in [5.74, 6) is -0.200. The van der Waals surface area contributed by atoms with Gasteiger partial charge in [-0.15, -0.1) is 0 Å². The minimum atomic E-state index is -0.622. The van der Waals surface area contributed by atoms with Crippen molar-refractivity contribution in [1.29, 1.82) is 0 Å². The average Bonchev–Trinajstić information content (AvgIpc) is 3.00. The summed E-state index contributed by atoms with van der Waals surface area (Å²) < 4.78 is 6.82. The molecule has 25 heavy (non-hydrogen) atoms. The number of hydrogen-bond donors (Lipinski definition) is 0. The standard InChI is InChI=1S/C19H12ClN3O2/c20-16-17(22-23-12-4-11-21-18(16)23)19(24)25-15-9-7-14(8-10-15)13-5-2-1-3-6-13/h1-12H. The summed E-state index contributed by atoms with van der Waals surface area (Å²) in [4.78, 5) is 16.4. The van der Waals surface area contributed by atoms with E-state index >= 15 is 0 Å². The van der Waals surface area contributed by atoms with Gasteiger partial charge in [0.25, 0.3) is 0 Å². The van der Waals surface area contributed by atoms with Crippen LogP contribution in [0, 0.1) is 0 Å². The molecule has 0 unspecified atom stereocenters. The zero-order valence-electron chi connectivity index (χ0n) is 13.0.